The van der Waals surface area contributed by atoms with Gasteiger partial charge in [-0.2, -0.15) is 15.4 Å². The first-order chi connectivity index (χ1) is 8.24. The first-order valence-corrected chi connectivity index (χ1v) is 6.04. The monoisotopic (exact) mass is 238 g/mol. The maximum absolute atomic E-state index is 12.0. The van der Waals surface area contributed by atoms with Gasteiger partial charge in [0.05, 0.1) is 24.0 Å². The predicted molar refractivity (Wildman–Crippen MR) is 61.2 cm³/mol. The average molecular weight is 238 g/mol. The van der Waals surface area contributed by atoms with E-state index < -0.39 is 0 Å². The molecule has 6 heteroatoms. The molecule has 3 N–H and O–H groups in total. The SMILES string of the molecule is CCC(CO)NC(=O)C1CCc2n[nH]nc2C1. The van der Waals surface area contributed by atoms with Gasteiger partial charge in [0.2, 0.25) is 5.91 Å². The number of hydrogen-bond donors (Lipinski definition) is 3. The lowest BCUT2D eigenvalue weighted by Crippen LogP contribution is -2.42. The van der Waals surface area contributed by atoms with Gasteiger partial charge in [-0.3, -0.25) is 4.79 Å². The van der Waals surface area contributed by atoms with Crippen molar-refractivity contribution in [2.24, 2.45) is 5.92 Å². The molecule has 17 heavy (non-hydrogen) atoms. The molecule has 0 bridgehead atoms. The van der Waals surface area contributed by atoms with Crippen LogP contribution in [0.4, 0.5) is 0 Å². The summed E-state index contributed by atoms with van der Waals surface area (Å²) in [6, 6.07) is -0.138. The number of H-pyrrole nitrogens is 1. The first kappa shape index (κ1) is 12.0. The molecule has 94 valence electrons. The number of carbonyl (C=O) groups is 1. The highest BCUT2D eigenvalue weighted by Crippen LogP contribution is 2.22. The van der Waals surface area contributed by atoms with E-state index in [4.69, 9.17) is 5.11 Å². The van der Waals surface area contributed by atoms with Crippen molar-refractivity contribution in [2.75, 3.05) is 6.61 Å². The van der Waals surface area contributed by atoms with Gasteiger partial charge in [0, 0.05) is 12.3 Å². The maximum Gasteiger partial charge on any atom is 0.223 e. The summed E-state index contributed by atoms with van der Waals surface area (Å²) in [6.07, 6.45) is 2.97. The van der Waals surface area contributed by atoms with Crippen molar-refractivity contribution in [3.63, 3.8) is 0 Å². The van der Waals surface area contributed by atoms with Crippen LogP contribution in [0.25, 0.3) is 0 Å². The molecule has 0 aliphatic heterocycles. The molecule has 1 aromatic heterocycles. The molecular formula is C11H18N4O2. The van der Waals surface area contributed by atoms with E-state index in [0.29, 0.717) is 6.42 Å². The van der Waals surface area contributed by atoms with Crippen molar-refractivity contribution < 1.29 is 9.90 Å². The molecule has 0 aromatic carbocycles. The summed E-state index contributed by atoms with van der Waals surface area (Å²) in [5, 5.41) is 22.6. The zero-order chi connectivity index (χ0) is 12.3. The fourth-order valence-corrected chi connectivity index (χ4v) is 2.10. The Bertz CT molecular complexity index is 387. The number of carbonyl (C=O) groups excluding carboxylic acids is 1. The number of nitrogens with one attached hydrogen (secondary N) is 2. The van der Waals surface area contributed by atoms with Crippen molar-refractivity contribution in [1.82, 2.24) is 20.7 Å². The summed E-state index contributed by atoms with van der Waals surface area (Å²) in [5.41, 5.74) is 1.87. The summed E-state index contributed by atoms with van der Waals surface area (Å²) >= 11 is 0. The molecule has 0 radical (unpaired) electrons. The van der Waals surface area contributed by atoms with E-state index in [-0.39, 0.29) is 24.5 Å². The maximum atomic E-state index is 12.0. The highest BCUT2D eigenvalue weighted by Gasteiger charge is 2.27. The van der Waals surface area contributed by atoms with E-state index >= 15 is 0 Å². The third-order valence-corrected chi connectivity index (χ3v) is 3.30. The Kier molecular flexibility index (Phi) is 3.73. The average Bonchev–Trinajstić information content (AvgIpc) is 2.82. The molecule has 1 heterocycles. The molecule has 0 fully saturated rings. The second-order valence-electron chi connectivity index (χ2n) is 4.45. The van der Waals surface area contributed by atoms with Gasteiger partial charge >= 0.3 is 0 Å². The van der Waals surface area contributed by atoms with Crippen LogP contribution in [0.15, 0.2) is 0 Å². The van der Waals surface area contributed by atoms with E-state index in [1.54, 1.807) is 0 Å². The minimum atomic E-state index is -0.138. The van der Waals surface area contributed by atoms with Gasteiger partial charge in [-0.1, -0.05) is 6.92 Å². The fourth-order valence-electron chi connectivity index (χ4n) is 2.10. The van der Waals surface area contributed by atoms with Gasteiger partial charge in [0.25, 0.3) is 0 Å². The van der Waals surface area contributed by atoms with E-state index in [2.05, 4.69) is 20.7 Å². The van der Waals surface area contributed by atoms with Crippen molar-refractivity contribution in [2.45, 2.75) is 38.6 Å². The third-order valence-electron chi connectivity index (χ3n) is 3.30. The van der Waals surface area contributed by atoms with Gasteiger partial charge in [0.1, 0.15) is 0 Å². The van der Waals surface area contributed by atoms with Crippen LogP contribution >= 0.6 is 0 Å². The number of aliphatic hydroxyl groups is 1. The molecule has 1 aromatic rings. The Morgan fingerprint density at radius 3 is 3.06 bits per heavy atom. The normalized spacial score (nSPS) is 20.7. The van der Waals surface area contributed by atoms with Crippen LogP contribution in [0, 0.1) is 5.92 Å². The fraction of sp³-hybridized carbons (Fsp3) is 0.727. The van der Waals surface area contributed by atoms with Crippen molar-refractivity contribution >= 4 is 5.91 Å². The van der Waals surface area contributed by atoms with Crippen LogP contribution in [0.2, 0.25) is 0 Å². The van der Waals surface area contributed by atoms with E-state index in [1.165, 1.54) is 0 Å². The molecule has 0 saturated heterocycles. The molecule has 2 atom stereocenters. The molecule has 1 aliphatic carbocycles. The Hall–Kier alpha value is -1.43. The number of amides is 1. The molecule has 0 spiro atoms. The second kappa shape index (κ2) is 5.27. The summed E-state index contributed by atoms with van der Waals surface area (Å²) in [5.74, 6) is -0.0345. The zero-order valence-corrected chi connectivity index (χ0v) is 9.94. The van der Waals surface area contributed by atoms with Crippen LogP contribution in [-0.4, -0.2) is 39.1 Å². The Morgan fingerprint density at radius 2 is 2.35 bits per heavy atom. The lowest BCUT2D eigenvalue weighted by Gasteiger charge is -2.22. The minimum absolute atomic E-state index is 0.00975. The van der Waals surface area contributed by atoms with Gasteiger partial charge < -0.3 is 10.4 Å². The Balaban J connectivity index is 1.94. The smallest absolute Gasteiger partial charge is 0.223 e. The molecule has 1 aliphatic rings. The largest absolute Gasteiger partial charge is 0.394 e. The molecular weight excluding hydrogens is 220 g/mol. The van der Waals surface area contributed by atoms with Crippen LogP contribution in [0.3, 0.4) is 0 Å². The molecule has 6 nitrogen and oxygen atoms in total. The molecule has 1 amide bonds. The molecule has 2 unspecified atom stereocenters. The van der Waals surface area contributed by atoms with Crippen LogP contribution in [0.1, 0.15) is 31.2 Å². The predicted octanol–water partition coefficient (Wildman–Crippen LogP) is -0.203. The number of aryl methyl sites for hydroxylation is 1. The van der Waals surface area contributed by atoms with Gasteiger partial charge in [-0.15, -0.1) is 0 Å². The number of aliphatic hydroxyl groups excluding tert-OH is 1. The summed E-state index contributed by atoms with van der Waals surface area (Å²) in [4.78, 5) is 12.0. The number of rotatable bonds is 4. The van der Waals surface area contributed by atoms with Gasteiger partial charge in [-0.05, 0) is 19.3 Å². The van der Waals surface area contributed by atoms with Crippen molar-refractivity contribution in [3.05, 3.63) is 11.4 Å². The van der Waals surface area contributed by atoms with Crippen molar-refractivity contribution in [1.29, 1.82) is 0 Å². The number of aromatic amines is 1. The van der Waals surface area contributed by atoms with Crippen molar-refractivity contribution in [3.8, 4) is 0 Å². The minimum Gasteiger partial charge on any atom is -0.394 e. The van der Waals surface area contributed by atoms with E-state index in [1.807, 2.05) is 6.92 Å². The summed E-state index contributed by atoms with van der Waals surface area (Å²) in [6.45, 7) is 1.93. The van der Waals surface area contributed by atoms with E-state index in [9.17, 15) is 4.79 Å². The second-order valence-corrected chi connectivity index (χ2v) is 4.45. The standard InChI is InChI=1S/C11H18N4O2/c1-2-8(6-16)12-11(17)7-3-4-9-10(5-7)14-15-13-9/h7-8,16H,2-6H2,1H3,(H,12,17)(H,13,14,15). The lowest BCUT2D eigenvalue weighted by atomic mass is 9.89. The summed E-state index contributed by atoms with van der Waals surface area (Å²) in [7, 11) is 0. The van der Waals surface area contributed by atoms with Gasteiger partial charge in [0.15, 0.2) is 0 Å². The summed E-state index contributed by atoms with van der Waals surface area (Å²) < 4.78 is 0. The molecule has 0 saturated carbocycles. The number of hydrogen-bond acceptors (Lipinski definition) is 4. The Morgan fingerprint density at radius 1 is 1.59 bits per heavy atom. The number of fused-ring (bicyclic) bond motifs is 1. The Labute approximate surface area is 99.8 Å². The topological polar surface area (TPSA) is 90.9 Å². The van der Waals surface area contributed by atoms with Gasteiger partial charge in [-0.25, -0.2) is 0 Å². The highest BCUT2D eigenvalue weighted by atomic mass is 16.3. The van der Waals surface area contributed by atoms with Crippen LogP contribution < -0.4 is 5.32 Å². The number of aromatic nitrogens is 3. The van der Waals surface area contributed by atoms with Crippen LogP contribution in [-0.2, 0) is 17.6 Å². The lowest BCUT2D eigenvalue weighted by molar-refractivity contribution is -0.126. The quantitative estimate of drug-likeness (QED) is 0.677. The van der Waals surface area contributed by atoms with Crippen LogP contribution in [0.5, 0.6) is 0 Å². The number of nitrogens with zero attached hydrogens (tertiary/aromatic N) is 2. The first-order valence-electron chi connectivity index (χ1n) is 6.04. The van der Waals surface area contributed by atoms with E-state index in [0.717, 1.165) is 30.7 Å². The third kappa shape index (κ3) is 2.63. The molecule has 2 rings (SSSR count). The zero-order valence-electron chi connectivity index (χ0n) is 9.94. The highest BCUT2D eigenvalue weighted by molar-refractivity contribution is 5.79.